The molecule has 0 unspecified atom stereocenters. The van der Waals surface area contributed by atoms with Crippen LogP contribution in [0.3, 0.4) is 0 Å². The Morgan fingerprint density at radius 1 is 1.29 bits per heavy atom. The minimum Gasteiger partial charge on any atom is -0.469 e. The zero-order chi connectivity index (χ0) is 20.1. The maximum atomic E-state index is 13.0. The number of hydrogen-bond donors (Lipinski definition) is 2. The van der Waals surface area contributed by atoms with Gasteiger partial charge in [-0.05, 0) is 12.1 Å². The van der Waals surface area contributed by atoms with Crippen molar-refractivity contribution < 1.29 is 23.9 Å². The molecule has 10 heteroatoms. The van der Waals surface area contributed by atoms with E-state index in [0.717, 1.165) is 5.69 Å². The van der Waals surface area contributed by atoms with Gasteiger partial charge in [-0.2, -0.15) is 0 Å². The van der Waals surface area contributed by atoms with Crippen molar-refractivity contribution in [2.75, 3.05) is 20.8 Å². The van der Waals surface area contributed by atoms with Gasteiger partial charge in [0.15, 0.2) is 0 Å². The predicted octanol–water partition coefficient (Wildman–Crippen LogP) is 0.567. The molecule has 3 heterocycles. The highest BCUT2D eigenvalue weighted by atomic mass is 16.5. The standard InChI is InChI=1S/C18H21N5O5/c1-27-14(24)9-13(17(25)28-2)22-18(26)23-8-6-11-15(21-10-20-11)16(23)12-5-3-4-7-19-12/h3-5,7,10,13,16H,6,8-9H2,1-2H3,(H,20,21)(H,22,26)/t13-,16-/m0/s1. The van der Waals surface area contributed by atoms with Crippen molar-refractivity contribution in [3.8, 4) is 0 Å². The van der Waals surface area contributed by atoms with E-state index in [2.05, 4.69) is 25.0 Å². The number of H-pyrrole nitrogens is 1. The average molecular weight is 387 g/mol. The molecule has 148 valence electrons. The molecular weight excluding hydrogens is 366 g/mol. The summed E-state index contributed by atoms with van der Waals surface area (Å²) in [7, 11) is 2.39. The molecule has 28 heavy (non-hydrogen) atoms. The number of pyridine rings is 1. The van der Waals surface area contributed by atoms with Crippen molar-refractivity contribution in [2.45, 2.75) is 24.9 Å². The van der Waals surface area contributed by atoms with E-state index >= 15 is 0 Å². The minimum atomic E-state index is -1.16. The zero-order valence-corrected chi connectivity index (χ0v) is 15.5. The van der Waals surface area contributed by atoms with Gasteiger partial charge >= 0.3 is 18.0 Å². The maximum absolute atomic E-state index is 13.0. The third kappa shape index (κ3) is 3.95. The van der Waals surface area contributed by atoms with E-state index in [0.29, 0.717) is 24.4 Å². The van der Waals surface area contributed by atoms with Crippen LogP contribution < -0.4 is 5.32 Å². The molecule has 2 aromatic rings. The third-order valence-corrected chi connectivity index (χ3v) is 4.54. The van der Waals surface area contributed by atoms with Crippen molar-refractivity contribution >= 4 is 18.0 Å². The molecule has 1 aliphatic heterocycles. The third-order valence-electron chi connectivity index (χ3n) is 4.54. The smallest absolute Gasteiger partial charge is 0.329 e. The lowest BCUT2D eigenvalue weighted by atomic mass is 9.99. The Kier molecular flexibility index (Phi) is 5.87. The van der Waals surface area contributed by atoms with Crippen LogP contribution in [0, 0.1) is 0 Å². The summed E-state index contributed by atoms with van der Waals surface area (Å²) >= 11 is 0. The monoisotopic (exact) mass is 387 g/mol. The number of methoxy groups -OCH3 is 2. The summed E-state index contributed by atoms with van der Waals surface area (Å²) < 4.78 is 9.28. The quantitative estimate of drug-likeness (QED) is 0.718. The van der Waals surface area contributed by atoms with Gasteiger partial charge in [-0.3, -0.25) is 9.78 Å². The summed E-state index contributed by atoms with van der Waals surface area (Å²) in [6.45, 7) is 0.383. The van der Waals surface area contributed by atoms with Crippen LogP contribution in [0.15, 0.2) is 30.7 Å². The molecule has 0 fully saturated rings. The zero-order valence-electron chi connectivity index (χ0n) is 15.5. The van der Waals surface area contributed by atoms with E-state index in [1.54, 1.807) is 29.6 Å². The van der Waals surface area contributed by atoms with Gasteiger partial charge in [0, 0.05) is 24.9 Å². The van der Waals surface area contributed by atoms with Crippen molar-refractivity contribution in [1.82, 2.24) is 25.2 Å². The number of amides is 2. The second-order valence-electron chi connectivity index (χ2n) is 6.17. The number of esters is 2. The van der Waals surface area contributed by atoms with Crippen LogP contribution >= 0.6 is 0 Å². The molecule has 2 atom stereocenters. The molecule has 0 radical (unpaired) electrons. The predicted molar refractivity (Wildman–Crippen MR) is 96.0 cm³/mol. The van der Waals surface area contributed by atoms with Crippen molar-refractivity contribution in [1.29, 1.82) is 0 Å². The molecule has 0 aliphatic carbocycles. The minimum absolute atomic E-state index is 0.329. The summed E-state index contributed by atoms with van der Waals surface area (Å²) in [6.07, 6.45) is 3.47. The molecule has 2 aromatic heterocycles. The first-order chi connectivity index (χ1) is 13.5. The van der Waals surface area contributed by atoms with Gasteiger partial charge in [-0.25, -0.2) is 14.6 Å². The van der Waals surface area contributed by atoms with E-state index in [9.17, 15) is 14.4 Å². The largest absolute Gasteiger partial charge is 0.469 e. The van der Waals surface area contributed by atoms with Crippen LogP contribution in [0.2, 0.25) is 0 Å². The van der Waals surface area contributed by atoms with E-state index in [1.807, 2.05) is 6.07 Å². The number of carbonyl (C=O) groups is 3. The summed E-state index contributed by atoms with van der Waals surface area (Å²) in [5.41, 5.74) is 2.27. The number of rotatable bonds is 5. The first-order valence-corrected chi connectivity index (χ1v) is 8.70. The lowest BCUT2D eigenvalue weighted by molar-refractivity contribution is -0.149. The second kappa shape index (κ2) is 8.51. The molecule has 0 saturated heterocycles. The summed E-state index contributed by atoms with van der Waals surface area (Å²) in [6, 6.07) is 3.21. The normalized spacial score (nSPS) is 16.6. The fraction of sp³-hybridized carbons (Fsp3) is 0.389. The first-order valence-electron chi connectivity index (χ1n) is 8.70. The van der Waals surface area contributed by atoms with E-state index in [4.69, 9.17) is 4.74 Å². The van der Waals surface area contributed by atoms with Gasteiger partial charge in [-0.1, -0.05) is 6.07 Å². The Hall–Kier alpha value is -3.43. The highest BCUT2D eigenvalue weighted by Crippen LogP contribution is 2.32. The van der Waals surface area contributed by atoms with Crippen LogP contribution in [0.1, 0.15) is 29.5 Å². The van der Waals surface area contributed by atoms with Crippen molar-refractivity contribution in [3.63, 3.8) is 0 Å². The lowest BCUT2D eigenvalue weighted by Crippen LogP contribution is -2.52. The number of aromatic nitrogens is 3. The fourth-order valence-corrected chi connectivity index (χ4v) is 3.15. The molecule has 0 bridgehead atoms. The van der Waals surface area contributed by atoms with E-state index < -0.39 is 30.1 Å². The number of urea groups is 1. The van der Waals surface area contributed by atoms with Crippen LogP contribution in [-0.4, -0.2) is 64.6 Å². The van der Waals surface area contributed by atoms with Crippen molar-refractivity contribution in [2.24, 2.45) is 0 Å². The van der Waals surface area contributed by atoms with Crippen LogP contribution in [-0.2, 0) is 25.5 Å². The van der Waals surface area contributed by atoms with Gasteiger partial charge in [0.25, 0.3) is 0 Å². The molecule has 2 amide bonds. The van der Waals surface area contributed by atoms with Crippen molar-refractivity contribution in [3.05, 3.63) is 47.8 Å². The molecule has 3 rings (SSSR count). The van der Waals surface area contributed by atoms with Gasteiger partial charge in [0.1, 0.15) is 12.1 Å². The molecule has 1 aliphatic rings. The lowest BCUT2D eigenvalue weighted by Gasteiger charge is -2.35. The Labute approximate surface area is 161 Å². The molecule has 2 N–H and O–H groups in total. The number of imidazole rings is 1. The van der Waals surface area contributed by atoms with Gasteiger partial charge in [-0.15, -0.1) is 0 Å². The first kappa shape index (κ1) is 19.3. The molecule has 10 nitrogen and oxygen atoms in total. The second-order valence-corrected chi connectivity index (χ2v) is 6.17. The molecule has 0 spiro atoms. The highest BCUT2D eigenvalue weighted by Gasteiger charge is 2.37. The van der Waals surface area contributed by atoms with Gasteiger partial charge in [0.2, 0.25) is 0 Å². The van der Waals surface area contributed by atoms with Gasteiger partial charge in [0.05, 0.1) is 38.4 Å². The summed E-state index contributed by atoms with van der Waals surface area (Å²) in [4.78, 5) is 49.9. The number of nitrogens with zero attached hydrogens (tertiary/aromatic N) is 3. The SMILES string of the molecule is COC(=O)C[C@H](NC(=O)N1CCc2[nH]cnc2[C@@H]1c1ccccn1)C(=O)OC. The number of ether oxygens (including phenoxy) is 2. The van der Waals surface area contributed by atoms with Crippen LogP contribution in [0.5, 0.6) is 0 Å². The van der Waals surface area contributed by atoms with E-state index in [1.165, 1.54) is 14.2 Å². The molecular formula is C18H21N5O5. The Morgan fingerprint density at radius 3 is 2.79 bits per heavy atom. The Bertz CT molecular complexity index is 853. The number of aromatic amines is 1. The topological polar surface area (TPSA) is 127 Å². The highest BCUT2D eigenvalue weighted by molar-refractivity contribution is 5.87. The summed E-state index contributed by atoms with van der Waals surface area (Å²) in [5, 5.41) is 2.57. The molecule has 0 saturated carbocycles. The van der Waals surface area contributed by atoms with E-state index in [-0.39, 0.29) is 6.42 Å². The number of fused-ring (bicyclic) bond motifs is 1. The number of nitrogens with one attached hydrogen (secondary N) is 2. The van der Waals surface area contributed by atoms with Crippen LogP contribution in [0.25, 0.3) is 0 Å². The Morgan fingerprint density at radius 2 is 2.11 bits per heavy atom. The Balaban J connectivity index is 1.86. The fourth-order valence-electron chi connectivity index (χ4n) is 3.15. The average Bonchev–Trinajstić information content (AvgIpc) is 3.21. The molecule has 0 aromatic carbocycles. The van der Waals surface area contributed by atoms with Crippen LogP contribution in [0.4, 0.5) is 4.79 Å². The number of hydrogen-bond acceptors (Lipinski definition) is 7. The van der Waals surface area contributed by atoms with Gasteiger partial charge < -0.3 is 24.7 Å². The maximum Gasteiger partial charge on any atom is 0.329 e. The summed E-state index contributed by atoms with van der Waals surface area (Å²) in [5.74, 6) is -1.36. The number of carbonyl (C=O) groups excluding carboxylic acids is 3.